The lowest BCUT2D eigenvalue weighted by Gasteiger charge is -2.00. The van der Waals surface area contributed by atoms with Crippen LogP contribution in [0.25, 0.3) is 16.7 Å². The number of aromatic amines is 2. The molecule has 0 aliphatic rings. The molecule has 16 heavy (non-hydrogen) atoms. The fraction of sp³-hybridized carbons (Fsp3) is 0. The molecule has 80 valence electrons. The molecule has 0 aliphatic heterocycles. The lowest BCUT2D eigenvalue weighted by molar-refractivity contribution is 0.937. The zero-order valence-corrected chi connectivity index (χ0v) is 7.76. The van der Waals surface area contributed by atoms with Crippen molar-refractivity contribution in [2.45, 2.75) is 0 Å². The number of hydrogen-bond donors (Lipinski definition) is 3. The maximum absolute atomic E-state index is 11.5. The van der Waals surface area contributed by atoms with E-state index >= 15 is 0 Å². The largest absolute Gasteiger partial charge is 0.383 e. The number of nitrogens with one attached hydrogen (secondary N) is 2. The minimum absolute atomic E-state index is 0.00162. The van der Waals surface area contributed by atoms with Gasteiger partial charge >= 0.3 is 0 Å². The molecule has 0 amide bonds. The topological polar surface area (TPSA) is 135 Å². The van der Waals surface area contributed by atoms with E-state index in [-0.39, 0.29) is 22.5 Å². The van der Waals surface area contributed by atoms with Crippen molar-refractivity contribution in [2.24, 2.45) is 0 Å². The van der Waals surface area contributed by atoms with Gasteiger partial charge in [0.25, 0.3) is 16.9 Å². The smallest absolute Gasteiger partial charge is 0.289 e. The molecule has 9 heteroatoms. The van der Waals surface area contributed by atoms with Gasteiger partial charge in [0.15, 0.2) is 5.52 Å². The zero-order chi connectivity index (χ0) is 11.3. The Hall–Kier alpha value is -2.71. The Kier molecular flexibility index (Phi) is 1.42. The van der Waals surface area contributed by atoms with Crippen molar-refractivity contribution in [3.63, 3.8) is 0 Å². The van der Waals surface area contributed by atoms with Gasteiger partial charge in [-0.1, -0.05) is 0 Å². The number of fused-ring (bicyclic) bond motifs is 2. The molecule has 0 saturated carbocycles. The van der Waals surface area contributed by atoms with Gasteiger partial charge in [-0.25, -0.2) is 4.98 Å². The molecule has 0 aromatic carbocycles. The van der Waals surface area contributed by atoms with Crippen molar-refractivity contribution in [1.29, 1.82) is 0 Å². The second-order valence-corrected chi connectivity index (χ2v) is 3.10. The lowest BCUT2D eigenvalue weighted by atomic mass is 10.3. The molecule has 0 spiro atoms. The van der Waals surface area contributed by atoms with E-state index in [2.05, 4.69) is 25.3 Å². The number of H-pyrrole nitrogens is 2. The van der Waals surface area contributed by atoms with Crippen LogP contribution in [0.3, 0.4) is 0 Å². The number of nitrogen functional groups attached to an aromatic ring is 1. The summed E-state index contributed by atoms with van der Waals surface area (Å²) in [5.74, 6) is 0.200. The molecule has 0 atom stereocenters. The van der Waals surface area contributed by atoms with Crippen LogP contribution in [0.15, 0.2) is 15.9 Å². The SMILES string of the molecule is Nc1c2c(=O)[nH][nH]c(=O)c2nc2ncnn12. The summed E-state index contributed by atoms with van der Waals surface area (Å²) in [5.41, 5.74) is 4.60. The normalized spacial score (nSPS) is 11.2. The Morgan fingerprint density at radius 2 is 2.00 bits per heavy atom. The summed E-state index contributed by atoms with van der Waals surface area (Å²) in [7, 11) is 0. The van der Waals surface area contributed by atoms with E-state index in [4.69, 9.17) is 5.73 Å². The fourth-order valence-corrected chi connectivity index (χ4v) is 1.49. The van der Waals surface area contributed by atoms with Crippen molar-refractivity contribution in [3.05, 3.63) is 27.0 Å². The quantitative estimate of drug-likeness (QED) is 0.409. The van der Waals surface area contributed by atoms with Crippen LogP contribution in [0.1, 0.15) is 0 Å². The summed E-state index contributed by atoms with van der Waals surface area (Å²) in [6.45, 7) is 0. The average molecular weight is 219 g/mol. The fourth-order valence-electron chi connectivity index (χ4n) is 1.49. The Bertz CT molecular complexity index is 811. The van der Waals surface area contributed by atoms with Gasteiger partial charge in [0.2, 0.25) is 0 Å². The van der Waals surface area contributed by atoms with Crippen LogP contribution in [-0.2, 0) is 0 Å². The molecule has 3 heterocycles. The summed E-state index contributed by atoms with van der Waals surface area (Å²) >= 11 is 0. The lowest BCUT2D eigenvalue weighted by Crippen LogP contribution is -2.22. The highest BCUT2D eigenvalue weighted by Crippen LogP contribution is 2.11. The van der Waals surface area contributed by atoms with Crippen LogP contribution in [0, 0.1) is 0 Å². The maximum atomic E-state index is 11.5. The van der Waals surface area contributed by atoms with Crippen LogP contribution in [0.4, 0.5) is 5.82 Å². The van der Waals surface area contributed by atoms with Gasteiger partial charge in [-0.15, -0.1) is 0 Å². The van der Waals surface area contributed by atoms with E-state index < -0.39 is 11.1 Å². The van der Waals surface area contributed by atoms with E-state index in [1.165, 1.54) is 10.8 Å². The minimum Gasteiger partial charge on any atom is -0.383 e. The number of anilines is 1. The van der Waals surface area contributed by atoms with E-state index in [1.807, 2.05) is 0 Å². The monoisotopic (exact) mass is 219 g/mol. The van der Waals surface area contributed by atoms with E-state index in [9.17, 15) is 9.59 Å². The third-order valence-corrected chi connectivity index (χ3v) is 2.19. The molecule has 0 bridgehead atoms. The zero-order valence-electron chi connectivity index (χ0n) is 7.76. The van der Waals surface area contributed by atoms with Gasteiger partial charge in [0, 0.05) is 0 Å². The standard InChI is InChI=1S/C7H5N7O2/c8-4-2-3(6(16)13-12-5(2)15)11-7-9-1-10-14(4)7/h1H,8H2,(H,12,15)(H,13,16). The predicted octanol–water partition coefficient (Wildman–Crippen LogP) is -1.76. The summed E-state index contributed by atoms with van der Waals surface area (Å²) in [6.07, 6.45) is 1.24. The van der Waals surface area contributed by atoms with Crippen LogP contribution < -0.4 is 16.9 Å². The first-order valence-corrected chi connectivity index (χ1v) is 4.28. The van der Waals surface area contributed by atoms with Gasteiger partial charge in [0.05, 0.1) is 0 Å². The van der Waals surface area contributed by atoms with E-state index in [0.29, 0.717) is 0 Å². The van der Waals surface area contributed by atoms with Crippen molar-refractivity contribution >= 4 is 22.5 Å². The third-order valence-electron chi connectivity index (χ3n) is 2.19. The number of nitrogens with zero attached hydrogens (tertiary/aromatic N) is 4. The molecule has 0 unspecified atom stereocenters. The second kappa shape index (κ2) is 2.66. The minimum atomic E-state index is -0.535. The van der Waals surface area contributed by atoms with Crippen LogP contribution in [0.2, 0.25) is 0 Å². The summed E-state index contributed by atoms with van der Waals surface area (Å²) in [6, 6.07) is 0. The molecule has 3 aromatic heterocycles. The molecule has 0 saturated heterocycles. The molecule has 9 nitrogen and oxygen atoms in total. The Morgan fingerprint density at radius 1 is 1.25 bits per heavy atom. The molecule has 0 aliphatic carbocycles. The van der Waals surface area contributed by atoms with E-state index in [1.54, 1.807) is 0 Å². The highest BCUT2D eigenvalue weighted by atomic mass is 16.1. The predicted molar refractivity (Wildman–Crippen MR) is 53.9 cm³/mol. The van der Waals surface area contributed by atoms with Gasteiger partial charge < -0.3 is 5.73 Å². The van der Waals surface area contributed by atoms with Gasteiger partial charge in [-0.2, -0.15) is 14.6 Å². The molecule has 3 rings (SSSR count). The van der Waals surface area contributed by atoms with Crippen LogP contribution >= 0.6 is 0 Å². The highest BCUT2D eigenvalue weighted by molar-refractivity contribution is 5.87. The highest BCUT2D eigenvalue weighted by Gasteiger charge is 2.13. The molecule has 4 N–H and O–H groups in total. The average Bonchev–Trinajstić information content (AvgIpc) is 2.72. The molecule has 0 fully saturated rings. The Labute approximate surface area is 85.9 Å². The molecule has 3 aromatic rings. The van der Waals surface area contributed by atoms with Crippen LogP contribution in [-0.4, -0.2) is 29.8 Å². The van der Waals surface area contributed by atoms with Crippen LogP contribution in [0.5, 0.6) is 0 Å². The molecular formula is C7H5N7O2. The number of hydrogen-bond acceptors (Lipinski definition) is 6. The summed E-state index contributed by atoms with van der Waals surface area (Å²) in [4.78, 5) is 30.7. The van der Waals surface area contributed by atoms with Crippen molar-refractivity contribution in [2.75, 3.05) is 5.73 Å². The second-order valence-electron chi connectivity index (χ2n) is 3.10. The summed E-state index contributed by atoms with van der Waals surface area (Å²) in [5, 5.41) is 8.12. The van der Waals surface area contributed by atoms with Crippen molar-refractivity contribution in [1.82, 2.24) is 29.8 Å². The van der Waals surface area contributed by atoms with Gasteiger partial charge in [0.1, 0.15) is 17.5 Å². The number of nitrogens with two attached hydrogens (primary N) is 1. The summed E-state index contributed by atoms with van der Waals surface area (Å²) < 4.78 is 1.19. The van der Waals surface area contributed by atoms with Crippen molar-refractivity contribution in [3.8, 4) is 0 Å². The Morgan fingerprint density at radius 3 is 2.81 bits per heavy atom. The molecule has 0 radical (unpaired) electrons. The maximum Gasteiger partial charge on any atom is 0.289 e. The third kappa shape index (κ3) is 0.908. The van der Waals surface area contributed by atoms with Gasteiger partial charge in [-0.05, 0) is 0 Å². The first kappa shape index (κ1) is 8.59. The number of rotatable bonds is 0. The Balaban J connectivity index is 2.77. The first-order valence-electron chi connectivity index (χ1n) is 4.28. The van der Waals surface area contributed by atoms with E-state index in [0.717, 1.165) is 0 Å². The van der Waals surface area contributed by atoms with Crippen molar-refractivity contribution < 1.29 is 0 Å². The number of aromatic nitrogens is 6. The molecular weight excluding hydrogens is 214 g/mol. The first-order chi connectivity index (χ1) is 7.68. The van der Waals surface area contributed by atoms with Gasteiger partial charge in [-0.3, -0.25) is 19.8 Å².